The summed E-state index contributed by atoms with van der Waals surface area (Å²) in [7, 11) is 0. The standard InChI is InChI=1S/C13H14N2O/c1-8-5-4-6-11-12(8)14-7-9(2)13(11)15-10(3)16/h4-7H,1-3H3,(H,14,15,16). The number of hydrogen-bond donors (Lipinski definition) is 1. The summed E-state index contributed by atoms with van der Waals surface area (Å²) in [5.74, 6) is -0.0582. The Labute approximate surface area is 94.5 Å². The van der Waals surface area contributed by atoms with Gasteiger partial charge in [-0.2, -0.15) is 0 Å². The molecule has 1 N–H and O–H groups in total. The van der Waals surface area contributed by atoms with Crippen LogP contribution in [0.2, 0.25) is 0 Å². The average Bonchev–Trinajstić information content (AvgIpc) is 2.22. The van der Waals surface area contributed by atoms with Crippen LogP contribution >= 0.6 is 0 Å². The molecule has 16 heavy (non-hydrogen) atoms. The number of aryl methyl sites for hydroxylation is 2. The van der Waals surface area contributed by atoms with Crippen LogP contribution in [0.15, 0.2) is 24.4 Å². The van der Waals surface area contributed by atoms with Crippen molar-refractivity contribution in [3.63, 3.8) is 0 Å². The van der Waals surface area contributed by atoms with E-state index in [-0.39, 0.29) is 5.91 Å². The number of benzene rings is 1. The number of rotatable bonds is 1. The van der Waals surface area contributed by atoms with Crippen LogP contribution in [0.3, 0.4) is 0 Å². The third-order valence-electron chi connectivity index (χ3n) is 2.59. The lowest BCUT2D eigenvalue weighted by Gasteiger charge is -2.11. The van der Waals surface area contributed by atoms with E-state index in [0.29, 0.717) is 0 Å². The van der Waals surface area contributed by atoms with Crippen molar-refractivity contribution in [1.29, 1.82) is 0 Å². The molecule has 0 fully saturated rings. The number of nitrogens with zero attached hydrogens (tertiary/aromatic N) is 1. The molecule has 3 heteroatoms. The number of anilines is 1. The molecule has 82 valence electrons. The van der Waals surface area contributed by atoms with E-state index in [2.05, 4.69) is 10.3 Å². The van der Waals surface area contributed by atoms with Gasteiger partial charge in [-0.1, -0.05) is 18.2 Å². The Kier molecular flexibility index (Phi) is 2.60. The molecule has 1 heterocycles. The van der Waals surface area contributed by atoms with Gasteiger partial charge in [0, 0.05) is 18.5 Å². The number of aromatic nitrogens is 1. The minimum absolute atomic E-state index is 0.0582. The van der Waals surface area contributed by atoms with Crippen LogP contribution in [0.4, 0.5) is 5.69 Å². The highest BCUT2D eigenvalue weighted by Crippen LogP contribution is 2.27. The number of nitrogens with one attached hydrogen (secondary N) is 1. The van der Waals surface area contributed by atoms with E-state index >= 15 is 0 Å². The number of carbonyl (C=O) groups is 1. The van der Waals surface area contributed by atoms with Gasteiger partial charge in [-0.3, -0.25) is 9.78 Å². The van der Waals surface area contributed by atoms with Gasteiger partial charge >= 0.3 is 0 Å². The molecule has 0 atom stereocenters. The van der Waals surface area contributed by atoms with Crippen molar-refractivity contribution in [2.75, 3.05) is 5.32 Å². The first-order valence-corrected chi connectivity index (χ1v) is 5.22. The van der Waals surface area contributed by atoms with Gasteiger partial charge in [0.05, 0.1) is 11.2 Å². The molecule has 0 unspecified atom stereocenters. The predicted molar refractivity (Wildman–Crippen MR) is 65.5 cm³/mol. The van der Waals surface area contributed by atoms with Crippen molar-refractivity contribution >= 4 is 22.5 Å². The molecule has 1 aromatic carbocycles. The molecule has 0 aliphatic carbocycles. The maximum absolute atomic E-state index is 11.2. The number of carbonyl (C=O) groups excluding carboxylic acids is 1. The summed E-state index contributed by atoms with van der Waals surface area (Å²) >= 11 is 0. The van der Waals surface area contributed by atoms with Crippen molar-refractivity contribution in [3.8, 4) is 0 Å². The molecular formula is C13H14N2O. The summed E-state index contributed by atoms with van der Waals surface area (Å²) in [4.78, 5) is 15.6. The first-order chi connectivity index (χ1) is 7.59. The average molecular weight is 214 g/mol. The summed E-state index contributed by atoms with van der Waals surface area (Å²) in [5, 5.41) is 3.86. The van der Waals surface area contributed by atoms with E-state index in [1.165, 1.54) is 6.92 Å². The van der Waals surface area contributed by atoms with Crippen LogP contribution in [0, 0.1) is 13.8 Å². The van der Waals surface area contributed by atoms with Gasteiger partial charge in [0.2, 0.25) is 5.91 Å². The molecule has 0 saturated carbocycles. The van der Waals surface area contributed by atoms with Gasteiger partial charge in [-0.25, -0.2) is 0 Å². The van der Waals surface area contributed by atoms with Crippen LogP contribution in [0.5, 0.6) is 0 Å². The first-order valence-electron chi connectivity index (χ1n) is 5.22. The Balaban J connectivity index is 2.74. The zero-order valence-electron chi connectivity index (χ0n) is 9.66. The number of fused-ring (bicyclic) bond motifs is 1. The van der Waals surface area contributed by atoms with Crippen LogP contribution in [-0.4, -0.2) is 10.9 Å². The molecule has 0 saturated heterocycles. The van der Waals surface area contributed by atoms with Gasteiger partial charge in [-0.05, 0) is 25.0 Å². The fraction of sp³-hybridized carbons (Fsp3) is 0.231. The molecule has 0 aliphatic heterocycles. The third kappa shape index (κ3) is 1.76. The molecule has 0 bridgehead atoms. The molecule has 0 spiro atoms. The van der Waals surface area contributed by atoms with Gasteiger partial charge in [0.1, 0.15) is 0 Å². The second-order valence-electron chi connectivity index (χ2n) is 3.97. The number of para-hydroxylation sites is 1. The number of hydrogen-bond acceptors (Lipinski definition) is 2. The van der Waals surface area contributed by atoms with E-state index in [1.807, 2.05) is 32.0 Å². The molecule has 0 aliphatic rings. The lowest BCUT2D eigenvalue weighted by molar-refractivity contribution is -0.114. The summed E-state index contributed by atoms with van der Waals surface area (Å²) in [6, 6.07) is 5.97. The summed E-state index contributed by atoms with van der Waals surface area (Å²) in [6.45, 7) is 5.48. The van der Waals surface area contributed by atoms with Gasteiger partial charge in [0.15, 0.2) is 0 Å². The van der Waals surface area contributed by atoms with Crippen molar-refractivity contribution in [2.45, 2.75) is 20.8 Å². The largest absolute Gasteiger partial charge is 0.325 e. The van der Waals surface area contributed by atoms with Crippen LogP contribution in [0.1, 0.15) is 18.1 Å². The highest BCUT2D eigenvalue weighted by Gasteiger charge is 2.08. The SMILES string of the molecule is CC(=O)Nc1c(C)cnc2c(C)cccc12. The molecule has 3 nitrogen and oxygen atoms in total. The Morgan fingerprint density at radius 3 is 2.69 bits per heavy atom. The molecule has 2 rings (SSSR count). The van der Waals surface area contributed by atoms with E-state index < -0.39 is 0 Å². The highest BCUT2D eigenvalue weighted by molar-refractivity contribution is 6.02. The Bertz CT molecular complexity index is 561. The van der Waals surface area contributed by atoms with Crippen molar-refractivity contribution in [2.24, 2.45) is 0 Å². The van der Waals surface area contributed by atoms with E-state index in [4.69, 9.17) is 0 Å². The molecular weight excluding hydrogens is 200 g/mol. The fourth-order valence-corrected chi connectivity index (χ4v) is 1.81. The molecule has 2 aromatic rings. The third-order valence-corrected chi connectivity index (χ3v) is 2.59. The monoisotopic (exact) mass is 214 g/mol. The number of pyridine rings is 1. The number of amides is 1. The van der Waals surface area contributed by atoms with Crippen molar-refractivity contribution < 1.29 is 4.79 Å². The van der Waals surface area contributed by atoms with Gasteiger partial charge < -0.3 is 5.32 Å². The quantitative estimate of drug-likeness (QED) is 0.793. The lowest BCUT2D eigenvalue weighted by Crippen LogP contribution is -2.08. The Morgan fingerprint density at radius 2 is 2.00 bits per heavy atom. The van der Waals surface area contributed by atoms with E-state index in [1.54, 1.807) is 6.20 Å². The van der Waals surface area contributed by atoms with Crippen molar-refractivity contribution in [3.05, 3.63) is 35.5 Å². The predicted octanol–water partition coefficient (Wildman–Crippen LogP) is 2.81. The minimum Gasteiger partial charge on any atom is -0.325 e. The summed E-state index contributed by atoms with van der Waals surface area (Å²) < 4.78 is 0. The van der Waals surface area contributed by atoms with Crippen molar-refractivity contribution in [1.82, 2.24) is 4.98 Å². The topological polar surface area (TPSA) is 42.0 Å². The second-order valence-corrected chi connectivity index (χ2v) is 3.97. The summed E-state index contributed by atoms with van der Waals surface area (Å²) in [5.41, 5.74) is 3.90. The fourth-order valence-electron chi connectivity index (χ4n) is 1.81. The highest BCUT2D eigenvalue weighted by atomic mass is 16.1. The lowest BCUT2D eigenvalue weighted by atomic mass is 10.1. The minimum atomic E-state index is -0.0582. The molecule has 1 aromatic heterocycles. The van der Waals surface area contributed by atoms with Gasteiger partial charge in [-0.15, -0.1) is 0 Å². The maximum atomic E-state index is 11.2. The summed E-state index contributed by atoms with van der Waals surface area (Å²) in [6.07, 6.45) is 1.79. The normalized spacial score (nSPS) is 10.4. The van der Waals surface area contributed by atoms with E-state index in [9.17, 15) is 4.79 Å². The Morgan fingerprint density at radius 1 is 1.25 bits per heavy atom. The molecule has 1 amide bonds. The van der Waals surface area contributed by atoms with Crippen LogP contribution < -0.4 is 5.32 Å². The van der Waals surface area contributed by atoms with Crippen LogP contribution in [-0.2, 0) is 4.79 Å². The maximum Gasteiger partial charge on any atom is 0.221 e. The zero-order valence-corrected chi connectivity index (χ0v) is 9.66. The molecule has 0 radical (unpaired) electrons. The van der Waals surface area contributed by atoms with E-state index in [0.717, 1.165) is 27.7 Å². The smallest absolute Gasteiger partial charge is 0.221 e. The van der Waals surface area contributed by atoms with Gasteiger partial charge in [0.25, 0.3) is 0 Å². The second kappa shape index (κ2) is 3.93. The van der Waals surface area contributed by atoms with Crippen LogP contribution in [0.25, 0.3) is 10.9 Å². The Hall–Kier alpha value is -1.90. The first kappa shape index (κ1) is 10.6. The zero-order chi connectivity index (χ0) is 11.7.